The third-order valence-corrected chi connectivity index (χ3v) is 5.51. The average molecular weight is 375 g/mol. The summed E-state index contributed by atoms with van der Waals surface area (Å²) in [5.74, 6) is 0.556. The molecule has 0 unspecified atom stereocenters. The summed E-state index contributed by atoms with van der Waals surface area (Å²) in [6, 6.07) is 14.2. The molecule has 144 valence electrons. The maximum atomic E-state index is 13.1. The van der Waals surface area contributed by atoms with E-state index in [0.717, 1.165) is 23.2 Å². The molecule has 2 aromatic carbocycles. The van der Waals surface area contributed by atoms with Crippen LogP contribution in [0, 0.1) is 6.92 Å². The molecule has 0 bridgehead atoms. The summed E-state index contributed by atoms with van der Waals surface area (Å²) < 4.78 is 5.42. The number of rotatable bonds is 2. The normalized spacial score (nSPS) is 15.6. The summed E-state index contributed by atoms with van der Waals surface area (Å²) in [5, 5.41) is 3.09. The largest absolute Gasteiger partial charge is 0.445 e. The van der Waals surface area contributed by atoms with Gasteiger partial charge in [-0.15, -0.1) is 0 Å². The Balaban J connectivity index is 1.56. The number of carbonyl (C=O) groups excluding carboxylic acids is 1. The van der Waals surface area contributed by atoms with Crippen LogP contribution < -0.4 is 5.32 Å². The van der Waals surface area contributed by atoms with Crippen molar-refractivity contribution in [3.63, 3.8) is 0 Å². The first-order valence-electron chi connectivity index (χ1n) is 9.59. The second-order valence-electron chi connectivity index (χ2n) is 7.96. The smallest absolute Gasteiger partial charge is 0.321 e. The molecule has 0 saturated heterocycles. The van der Waals surface area contributed by atoms with Crippen molar-refractivity contribution in [3.8, 4) is 11.5 Å². The van der Waals surface area contributed by atoms with Gasteiger partial charge < -0.3 is 14.6 Å². The molecule has 0 atom stereocenters. The molecule has 0 radical (unpaired) electrons. The Kier molecular flexibility index (Phi) is 4.67. The van der Waals surface area contributed by atoms with Crippen molar-refractivity contribution in [1.82, 2.24) is 9.88 Å². The average Bonchev–Trinajstić information content (AvgIpc) is 3.17. The highest BCUT2D eigenvalue weighted by Crippen LogP contribution is 2.32. The molecular weight excluding hydrogens is 350 g/mol. The maximum absolute atomic E-state index is 13.1. The number of carbonyl (C=O) groups is 1. The number of fused-ring (bicyclic) bond motifs is 1. The minimum atomic E-state index is -0.0978. The maximum Gasteiger partial charge on any atom is 0.321 e. The number of nitrogens with zero attached hydrogens (tertiary/aromatic N) is 2. The minimum absolute atomic E-state index is 0.0754. The van der Waals surface area contributed by atoms with Gasteiger partial charge in [0.05, 0.1) is 6.20 Å². The van der Waals surface area contributed by atoms with Crippen LogP contribution in [0.2, 0.25) is 0 Å². The molecule has 28 heavy (non-hydrogen) atoms. The van der Waals surface area contributed by atoms with Crippen LogP contribution in [-0.4, -0.2) is 29.0 Å². The highest BCUT2D eigenvalue weighted by molar-refractivity contribution is 5.91. The minimum Gasteiger partial charge on any atom is -0.445 e. The fourth-order valence-corrected chi connectivity index (χ4v) is 4.02. The van der Waals surface area contributed by atoms with Crippen LogP contribution in [0.3, 0.4) is 0 Å². The monoisotopic (exact) mass is 375 g/mol. The van der Waals surface area contributed by atoms with Gasteiger partial charge in [-0.1, -0.05) is 44.2 Å². The lowest BCUT2D eigenvalue weighted by atomic mass is 9.82. The van der Waals surface area contributed by atoms with E-state index in [2.05, 4.69) is 48.4 Å². The highest BCUT2D eigenvalue weighted by atomic mass is 16.3. The lowest BCUT2D eigenvalue weighted by molar-refractivity contribution is 0.202. The van der Waals surface area contributed by atoms with Crippen LogP contribution in [0.1, 0.15) is 30.5 Å². The Labute approximate surface area is 165 Å². The summed E-state index contributed by atoms with van der Waals surface area (Å²) in [5.41, 5.74) is 5.15. The number of urea groups is 1. The van der Waals surface area contributed by atoms with Crippen LogP contribution in [0.15, 0.2) is 59.3 Å². The lowest BCUT2D eigenvalue weighted by Crippen LogP contribution is -2.42. The quantitative estimate of drug-likeness (QED) is 0.684. The Morgan fingerprint density at radius 1 is 1.18 bits per heavy atom. The standard InChI is InChI=1S/C23H25N3O2/c1-16-18(21-24-12-14-28-21)8-6-10-20(16)25-22(27)26-13-11-17-7-4-5-9-19(17)23(2,3)15-26/h4-10,12,14H,11,13,15H2,1-3H3,(H,25,27). The van der Waals surface area contributed by atoms with Crippen molar-refractivity contribution in [2.24, 2.45) is 0 Å². The number of anilines is 1. The fraction of sp³-hybridized carbons (Fsp3) is 0.304. The van der Waals surface area contributed by atoms with Crippen molar-refractivity contribution in [2.75, 3.05) is 18.4 Å². The molecule has 3 aromatic rings. The van der Waals surface area contributed by atoms with Gasteiger partial charge in [-0.2, -0.15) is 0 Å². The van der Waals surface area contributed by atoms with Crippen molar-refractivity contribution in [1.29, 1.82) is 0 Å². The number of benzene rings is 2. The van der Waals surface area contributed by atoms with Gasteiger partial charge in [-0.05, 0) is 42.2 Å². The Morgan fingerprint density at radius 3 is 2.79 bits per heavy atom. The van der Waals surface area contributed by atoms with Crippen molar-refractivity contribution >= 4 is 11.7 Å². The van der Waals surface area contributed by atoms with Crippen LogP contribution in [0.5, 0.6) is 0 Å². The van der Waals surface area contributed by atoms with Crippen LogP contribution in [0.4, 0.5) is 10.5 Å². The second kappa shape index (κ2) is 7.15. The van der Waals surface area contributed by atoms with Crippen LogP contribution in [0.25, 0.3) is 11.5 Å². The molecule has 0 spiro atoms. The molecule has 2 amide bonds. The molecule has 0 fully saturated rings. The summed E-state index contributed by atoms with van der Waals surface area (Å²) >= 11 is 0. The van der Waals surface area contributed by atoms with Crippen molar-refractivity contribution < 1.29 is 9.21 Å². The number of hydrogen-bond donors (Lipinski definition) is 1. The van der Waals surface area contributed by atoms with Gasteiger partial charge in [0.2, 0.25) is 5.89 Å². The van der Waals surface area contributed by atoms with Gasteiger partial charge in [0, 0.05) is 29.8 Å². The molecular formula is C23H25N3O2. The van der Waals surface area contributed by atoms with E-state index in [9.17, 15) is 4.79 Å². The van der Waals surface area contributed by atoms with E-state index in [4.69, 9.17) is 4.42 Å². The van der Waals surface area contributed by atoms with E-state index in [1.165, 1.54) is 11.1 Å². The first-order chi connectivity index (χ1) is 13.5. The third kappa shape index (κ3) is 3.40. The molecule has 0 aliphatic carbocycles. The lowest BCUT2D eigenvalue weighted by Gasteiger charge is -2.31. The summed E-state index contributed by atoms with van der Waals surface area (Å²) in [6.07, 6.45) is 4.04. The number of aromatic nitrogens is 1. The molecule has 2 heterocycles. The van der Waals surface area contributed by atoms with E-state index in [0.29, 0.717) is 19.0 Å². The number of nitrogens with one attached hydrogen (secondary N) is 1. The predicted octanol–water partition coefficient (Wildman–Crippen LogP) is 5.02. The van der Waals surface area contributed by atoms with E-state index >= 15 is 0 Å². The summed E-state index contributed by atoms with van der Waals surface area (Å²) in [4.78, 5) is 19.2. The number of hydrogen-bond acceptors (Lipinski definition) is 3. The molecule has 0 saturated carbocycles. The highest BCUT2D eigenvalue weighted by Gasteiger charge is 2.31. The van der Waals surface area contributed by atoms with Gasteiger partial charge in [-0.3, -0.25) is 0 Å². The molecule has 1 aliphatic heterocycles. The number of amides is 2. The zero-order chi connectivity index (χ0) is 19.7. The van der Waals surface area contributed by atoms with E-state index in [-0.39, 0.29) is 11.4 Å². The Hall–Kier alpha value is -3.08. The number of oxazole rings is 1. The molecule has 1 aromatic heterocycles. The molecule has 1 aliphatic rings. The Morgan fingerprint density at radius 2 is 2.00 bits per heavy atom. The van der Waals surface area contributed by atoms with Gasteiger partial charge in [-0.25, -0.2) is 9.78 Å². The van der Waals surface area contributed by atoms with Gasteiger partial charge in [0.15, 0.2) is 0 Å². The third-order valence-electron chi connectivity index (χ3n) is 5.51. The summed E-state index contributed by atoms with van der Waals surface area (Å²) in [6.45, 7) is 7.74. The first kappa shape index (κ1) is 18.3. The van der Waals surface area contributed by atoms with Crippen molar-refractivity contribution in [2.45, 2.75) is 32.6 Å². The SMILES string of the molecule is Cc1c(NC(=O)N2CCc3ccccc3C(C)(C)C2)cccc1-c1ncco1. The Bertz CT molecular complexity index is 993. The first-order valence-corrected chi connectivity index (χ1v) is 9.59. The van der Waals surface area contributed by atoms with Gasteiger partial charge in [0.25, 0.3) is 0 Å². The molecule has 5 nitrogen and oxygen atoms in total. The van der Waals surface area contributed by atoms with Crippen LogP contribution >= 0.6 is 0 Å². The fourth-order valence-electron chi connectivity index (χ4n) is 4.02. The van der Waals surface area contributed by atoms with Crippen molar-refractivity contribution in [3.05, 3.63) is 71.6 Å². The molecule has 1 N–H and O–H groups in total. The van der Waals surface area contributed by atoms with Gasteiger partial charge in [0.1, 0.15) is 6.26 Å². The summed E-state index contributed by atoms with van der Waals surface area (Å²) in [7, 11) is 0. The second-order valence-corrected chi connectivity index (χ2v) is 7.96. The van der Waals surface area contributed by atoms with Crippen LogP contribution in [-0.2, 0) is 11.8 Å². The van der Waals surface area contributed by atoms with E-state index < -0.39 is 0 Å². The van der Waals surface area contributed by atoms with E-state index in [1.807, 2.05) is 30.0 Å². The topological polar surface area (TPSA) is 58.4 Å². The zero-order valence-electron chi connectivity index (χ0n) is 16.5. The predicted molar refractivity (Wildman–Crippen MR) is 110 cm³/mol. The van der Waals surface area contributed by atoms with Gasteiger partial charge >= 0.3 is 6.03 Å². The van der Waals surface area contributed by atoms with E-state index in [1.54, 1.807) is 12.5 Å². The zero-order valence-corrected chi connectivity index (χ0v) is 16.5. The molecule has 4 rings (SSSR count). The molecule has 5 heteroatoms.